The van der Waals surface area contributed by atoms with Crippen molar-refractivity contribution in [3.05, 3.63) is 29.8 Å². The highest BCUT2D eigenvalue weighted by Gasteiger charge is 2.01. The molecule has 4 nitrogen and oxygen atoms in total. The third-order valence-corrected chi connectivity index (χ3v) is 2.16. The van der Waals surface area contributed by atoms with E-state index in [0.717, 1.165) is 11.3 Å². The van der Waals surface area contributed by atoms with Crippen molar-refractivity contribution in [3.63, 3.8) is 0 Å². The minimum absolute atomic E-state index is 0.191. The van der Waals surface area contributed by atoms with Crippen LogP contribution in [0.15, 0.2) is 24.3 Å². The van der Waals surface area contributed by atoms with Gasteiger partial charge in [-0.1, -0.05) is 12.1 Å². The first-order valence-electron chi connectivity index (χ1n) is 5.25. The lowest BCUT2D eigenvalue weighted by Gasteiger charge is -2.05. The molecule has 0 spiro atoms. The first kappa shape index (κ1) is 12.5. The summed E-state index contributed by atoms with van der Waals surface area (Å²) < 4.78 is 9.91. The van der Waals surface area contributed by atoms with Crippen LogP contribution in [0, 0.1) is 0 Å². The van der Waals surface area contributed by atoms with Crippen molar-refractivity contribution in [2.45, 2.75) is 12.8 Å². The lowest BCUT2D eigenvalue weighted by atomic mass is 10.1. The van der Waals surface area contributed by atoms with Crippen LogP contribution in [0.4, 0.5) is 0 Å². The predicted molar refractivity (Wildman–Crippen MR) is 61.3 cm³/mol. The zero-order valence-corrected chi connectivity index (χ0v) is 9.44. The van der Waals surface area contributed by atoms with Gasteiger partial charge in [-0.15, -0.1) is 0 Å². The number of carbonyl (C=O) groups excluding carboxylic acids is 1. The number of nitrogens with two attached hydrogens (primary N) is 1. The highest BCUT2D eigenvalue weighted by atomic mass is 16.5. The van der Waals surface area contributed by atoms with Crippen LogP contribution in [-0.4, -0.2) is 26.2 Å². The summed E-state index contributed by atoms with van der Waals surface area (Å²) in [4.78, 5) is 10.9. The summed E-state index contributed by atoms with van der Waals surface area (Å²) in [5.74, 6) is 0.607. The summed E-state index contributed by atoms with van der Waals surface area (Å²) in [6.07, 6.45) is 1.09. The van der Waals surface area contributed by atoms with E-state index >= 15 is 0 Å². The molecular formula is C12H17NO3. The monoisotopic (exact) mass is 223 g/mol. The fraction of sp³-hybridized carbons (Fsp3) is 0.417. The second-order valence-corrected chi connectivity index (χ2v) is 3.36. The summed E-state index contributed by atoms with van der Waals surface area (Å²) in [7, 11) is 1.39. The van der Waals surface area contributed by atoms with Gasteiger partial charge in [-0.05, 0) is 24.1 Å². The van der Waals surface area contributed by atoms with Gasteiger partial charge in [0, 0.05) is 13.0 Å². The first-order valence-corrected chi connectivity index (χ1v) is 5.25. The number of methoxy groups -OCH3 is 1. The van der Waals surface area contributed by atoms with Crippen LogP contribution in [0.5, 0.6) is 5.75 Å². The minimum atomic E-state index is -0.191. The Bertz CT molecular complexity index is 322. The molecule has 2 N–H and O–H groups in total. The van der Waals surface area contributed by atoms with Crippen molar-refractivity contribution in [1.82, 2.24) is 0 Å². The largest absolute Gasteiger partial charge is 0.492 e. The number of hydrogen-bond acceptors (Lipinski definition) is 4. The molecular weight excluding hydrogens is 206 g/mol. The van der Waals surface area contributed by atoms with Gasteiger partial charge in [0.25, 0.3) is 0 Å². The first-order chi connectivity index (χ1) is 7.76. The molecule has 4 heteroatoms. The molecule has 0 fully saturated rings. The maximum absolute atomic E-state index is 10.9. The molecule has 1 rings (SSSR count). The Morgan fingerprint density at radius 1 is 1.31 bits per heavy atom. The van der Waals surface area contributed by atoms with E-state index in [2.05, 4.69) is 4.74 Å². The average molecular weight is 223 g/mol. The van der Waals surface area contributed by atoms with Gasteiger partial charge in [-0.2, -0.15) is 0 Å². The van der Waals surface area contributed by atoms with Gasteiger partial charge in [-0.25, -0.2) is 0 Å². The Morgan fingerprint density at radius 2 is 2.00 bits per heavy atom. The van der Waals surface area contributed by atoms with E-state index in [4.69, 9.17) is 10.5 Å². The quantitative estimate of drug-likeness (QED) is 0.734. The maximum Gasteiger partial charge on any atom is 0.305 e. The number of hydrogen-bond donors (Lipinski definition) is 1. The maximum atomic E-state index is 10.9. The van der Waals surface area contributed by atoms with Crippen LogP contribution < -0.4 is 10.5 Å². The summed E-state index contributed by atoms with van der Waals surface area (Å²) in [6, 6.07) is 7.63. The van der Waals surface area contributed by atoms with Crippen LogP contribution in [-0.2, 0) is 16.0 Å². The third-order valence-electron chi connectivity index (χ3n) is 2.16. The molecule has 0 aliphatic rings. The van der Waals surface area contributed by atoms with Crippen molar-refractivity contribution < 1.29 is 14.3 Å². The highest BCUT2D eigenvalue weighted by Crippen LogP contribution is 2.13. The van der Waals surface area contributed by atoms with Crippen LogP contribution in [0.2, 0.25) is 0 Å². The van der Waals surface area contributed by atoms with Crippen LogP contribution >= 0.6 is 0 Å². The molecule has 1 aromatic rings. The molecule has 0 heterocycles. The molecule has 0 bridgehead atoms. The van der Waals surface area contributed by atoms with Crippen molar-refractivity contribution in [1.29, 1.82) is 0 Å². The number of benzene rings is 1. The minimum Gasteiger partial charge on any atom is -0.492 e. The molecule has 0 aliphatic carbocycles. The number of esters is 1. The molecule has 0 atom stereocenters. The topological polar surface area (TPSA) is 61.5 Å². The average Bonchev–Trinajstić information content (AvgIpc) is 2.34. The highest BCUT2D eigenvalue weighted by molar-refractivity contribution is 5.69. The van der Waals surface area contributed by atoms with E-state index in [1.165, 1.54) is 7.11 Å². The molecule has 0 radical (unpaired) electrons. The van der Waals surface area contributed by atoms with Gasteiger partial charge in [0.1, 0.15) is 12.4 Å². The van der Waals surface area contributed by atoms with Gasteiger partial charge in [0.05, 0.1) is 7.11 Å². The van der Waals surface area contributed by atoms with E-state index in [0.29, 0.717) is 26.0 Å². The van der Waals surface area contributed by atoms with Crippen molar-refractivity contribution in [2.75, 3.05) is 20.3 Å². The van der Waals surface area contributed by atoms with Crippen LogP contribution in [0.1, 0.15) is 12.0 Å². The summed E-state index contributed by atoms with van der Waals surface area (Å²) in [5.41, 5.74) is 6.41. The Hall–Kier alpha value is -1.55. The fourth-order valence-corrected chi connectivity index (χ4v) is 1.28. The van der Waals surface area contributed by atoms with E-state index < -0.39 is 0 Å². The smallest absolute Gasteiger partial charge is 0.305 e. The summed E-state index contributed by atoms with van der Waals surface area (Å²) in [5, 5.41) is 0. The van der Waals surface area contributed by atoms with E-state index in [1.54, 1.807) is 0 Å². The molecule has 0 saturated carbocycles. The molecule has 0 amide bonds. The second kappa shape index (κ2) is 6.85. The Labute approximate surface area is 95.3 Å². The Kier molecular flexibility index (Phi) is 5.36. The van der Waals surface area contributed by atoms with E-state index in [1.807, 2.05) is 24.3 Å². The van der Waals surface area contributed by atoms with Gasteiger partial charge in [0.2, 0.25) is 0 Å². The van der Waals surface area contributed by atoms with E-state index in [-0.39, 0.29) is 5.97 Å². The number of carbonyl (C=O) groups is 1. The Balaban J connectivity index is 2.41. The van der Waals surface area contributed by atoms with Crippen molar-refractivity contribution in [2.24, 2.45) is 5.73 Å². The zero-order valence-electron chi connectivity index (χ0n) is 9.44. The Morgan fingerprint density at radius 3 is 2.56 bits per heavy atom. The molecule has 1 aromatic carbocycles. The molecule has 16 heavy (non-hydrogen) atoms. The van der Waals surface area contributed by atoms with E-state index in [9.17, 15) is 4.79 Å². The fourth-order valence-electron chi connectivity index (χ4n) is 1.28. The normalized spacial score (nSPS) is 9.88. The van der Waals surface area contributed by atoms with Gasteiger partial charge in [0.15, 0.2) is 0 Å². The number of ether oxygens (including phenoxy) is 2. The van der Waals surface area contributed by atoms with Gasteiger partial charge in [-0.3, -0.25) is 4.79 Å². The number of aryl methyl sites for hydroxylation is 1. The molecule has 0 aromatic heterocycles. The zero-order chi connectivity index (χ0) is 11.8. The van der Waals surface area contributed by atoms with Gasteiger partial charge >= 0.3 is 5.97 Å². The SMILES string of the molecule is COC(=O)CCc1ccc(OCCN)cc1. The molecule has 0 unspecified atom stereocenters. The predicted octanol–water partition coefficient (Wildman–Crippen LogP) is 1.13. The lowest BCUT2D eigenvalue weighted by Crippen LogP contribution is -2.10. The van der Waals surface area contributed by atoms with Gasteiger partial charge < -0.3 is 15.2 Å². The molecule has 0 saturated heterocycles. The van der Waals surface area contributed by atoms with Crippen molar-refractivity contribution >= 4 is 5.97 Å². The van der Waals surface area contributed by atoms with Crippen molar-refractivity contribution in [3.8, 4) is 5.75 Å². The third kappa shape index (κ3) is 4.31. The van der Waals surface area contributed by atoms with Crippen LogP contribution in [0.3, 0.4) is 0 Å². The summed E-state index contributed by atoms with van der Waals surface area (Å²) in [6.45, 7) is 1.02. The molecule has 0 aliphatic heterocycles. The second-order valence-electron chi connectivity index (χ2n) is 3.36. The standard InChI is InChI=1S/C12H17NO3/c1-15-12(14)7-4-10-2-5-11(6-3-10)16-9-8-13/h2-3,5-6H,4,7-9,13H2,1H3. The lowest BCUT2D eigenvalue weighted by molar-refractivity contribution is -0.140. The van der Waals surface area contributed by atoms with Crippen LogP contribution in [0.25, 0.3) is 0 Å². The summed E-state index contributed by atoms with van der Waals surface area (Å²) >= 11 is 0. The number of rotatable bonds is 6. The molecule has 88 valence electrons.